The van der Waals surface area contributed by atoms with Gasteiger partial charge < -0.3 is 25.4 Å². The molecule has 0 unspecified atom stereocenters. The average Bonchev–Trinajstić information content (AvgIpc) is 3.22. The molecule has 3 amide bonds. The van der Waals surface area contributed by atoms with Crippen molar-refractivity contribution in [2.24, 2.45) is 11.8 Å². The molecule has 14 heteroatoms. The van der Waals surface area contributed by atoms with Gasteiger partial charge in [0, 0.05) is 38.0 Å². The monoisotopic (exact) mass is 578 g/mol. The number of halogens is 5. The van der Waals surface area contributed by atoms with Crippen molar-refractivity contribution >= 4 is 23.7 Å². The van der Waals surface area contributed by atoms with Gasteiger partial charge in [-0.3, -0.25) is 9.59 Å². The number of carbonyl (C=O) groups is 3. The molecule has 224 valence electrons. The molecule has 1 aromatic rings. The Morgan fingerprint density at radius 1 is 1.20 bits per heavy atom. The summed E-state index contributed by atoms with van der Waals surface area (Å²) in [5.41, 5.74) is -0.460. The van der Waals surface area contributed by atoms with Crippen LogP contribution < -0.4 is 16.0 Å². The van der Waals surface area contributed by atoms with Crippen molar-refractivity contribution in [3.8, 4) is 0 Å². The first-order chi connectivity index (χ1) is 18.5. The SMILES string of the molecule is COC[C@@H](c1ccnc(NC(=O)[C@@H](NC(=O)OC(C)(C)C)C2CCC(F)(F)CC2)c1)[C@H]1C[C@@H](C(F)(F)F)NC1=O. The molecule has 0 radical (unpaired) electrons. The minimum absolute atomic E-state index is 0.00603. The van der Waals surface area contributed by atoms with Gasteiger partial charge in [-0.1, -0.05) is 0 Å². The maximum Gasteiger partial charge on any atom is 0.408 e. The maximum absolute atomic E-state index is 13.8. The summed E-state index contributed by atoms with van der Waals surface area (Å²) in [7, 11) is 1.35. The van der Waals surface area contributed by atoms with Crippen LogP contribution in [0.4, 0.5) is 32.6 Å². The van der Waals surface area contributed by atoms with Crippen LogP contribution in [0.5, 0.6) is 0 Å². The van der Waals surface area contributed by atoms with E-state index in [1.54, 1.807) is 20.8 Å². The normalized spacial score (nSPS) is 23.2. The van der Waals surface area contributed by atoms with Gasteiger partial charge in [-0.25, -0.2) is 18.6 Å². The zero-order valence-electron chi connectivity index (χ0n) is 22.7. The van der Waals surface area contributed by atoms with Crippen molar-refractivity contribution < 1.29 is 45.8 Å². The third-order valence-electron chi connectivity index (χ3n) is 7.02. The summed E-state index contributed by atoms with van der Waals surface area (Å²) >= 11 is 0. The molecule has 4 atom stereocenters. The summed E-state index contributed by atoms with van der Waals surface area (Å²) in [5.74, 6) is -6.74. The van der Waals surface area contributed by atoms with Crippen molar-refractivity contribution in [2.75, 3.05) is 19.0 Å². The number of ether oxygens (including phenoxy) is 2. The number of methoxy groups -OCH3 is 1. The van der Waals surface area contributed by atoms with Crippen LogP contribution in [0.3, 0.4) is 0 Å². The highest BCUT2D eigenvalue weighted by Gasteiger charge is 2.50. The van der Waals surface area contributed by atoms with Crippen LogP contribution in [0.15, 0.2) is 18.3 Å². The summed E-state index contributed by atoms with van der Waals surface area (Å²) in [5, 5.41) is 7.04. The van der Waals surface area contributed by atoms with Crippen molar-refractivity contribution in [1.82, 2.24) is 15.6 Å². The third kappa shape index (κ3) is 8.48. The number of carbonyl (C=O) groups excluding carboxylic acids is 3. The van der Waals surface area contributed by atoms with Crippen molar-refractivity contribution in [1.29, 1.82) is 0 Å². The van der Waals surface area contributed by atoms with Gasteiger partial charge >= 0.3 is 12.3 Å². The average molecular weight is 579 g/mol. The highest BCUT2D eigenvalue weighted by atomic mass is 19.4. The second-order valence-corrected chi connectivity index (χ2v) is 11.3. The number of anilines is 1. The molecule has 2 heterocycles. The molecule has 3 rings (SSSR count). The van der Waals surface area contributed by atoms with Crippen molar-refractivity contribution in [3.05, 3.63) is 23.9 Å². The number of aromatic nitrogens is 1. The van der Waals surface area contributed by atoms with Gasteiger partial charge in [0.25, 0.3) is 0 Å². The summed E-state index contributed by atoms with van der Waals surface area (Å²) < 4.78 is 77.7. The quantitative estimate of drug-likeness (QED) is 0.390. The zero-order valence-corrected chi connectivity index (χ0v) is 22.7. The summed E-state index contributed by atoms with van der Waals surface area (Å²) in [6, 6.07) is -0.269. The van der Waals surface area contributed by atoms with Crippen LogP contribution in [-0.4, -0.2) is 66.4 Å². The Balaban J connectivity index is 1.80. The number of rotatable bonds is 8. The smallest absolute Gasteiger partial charge is 0.408 e. The predicted octanol–water partition coefficient (Wildman–Crippen LogP) is 4.54. The lowest BCUT2D eigenvalue weighted by Crippen LogP contribution is -2.51. The topological polar surface area (TPSA) is 119 Å². The third-order valence-corrected chi connectivity index (χ3v) is 7.02. The van der Waals surface area contributed by atoms with E-state index in [1.807, 2.05) is 5.32 Å². The molecule has 1 aliphatic heterocycles. The molecular weight excluding hydrogens is 543 g/mol. The lowest BCUT2D eigenvalue weighted by Gasteiger charge is -2.33. The molecule has 1 saturated heterocycles. The second-order valence-electron chi connectivity index (χ2n) is 11.3. The fourth-order valence-corrected chi connectivity index (χ4v) is 5.06. The van der Waals surface area contributed by atoms with E-state index in [-0.39, 0.29) is 25.3 Å². The van der Waals surface area contributed by atoms with E-state index < -0.39 is 84.7 Å². The molecule has 3 N–H and O–H groups in total. The molecule has 2 fully saturated rings. The number of hydrogen-bond donors (Lipinski definition) is 3. The molecule has 1 saturated carbocycles. The number of alkyl halides is 5. The van der Waals surface area contributed by atoms with Crippen molar-refractivity contribution in [3.63, 3.8) is 0 Å². The van der Waals surface area contributed by atoms with Gasteiger partial charge in [0.15, 0.2) is 0 Å². The summed E-state index contributed by atoms with van der Waals surface area (Å²) in [6.07, 6.45) is -5.55. The zero-order chi connectivity index (χ0) is 29.9. The Bertz CT molecular complexity index is 1070. The molecule has 2 aliphatic rings. The lowest BCUT2D eigenvalue weighted by atomic mass is 9.81. The molecule has 0 aromatic carbocycles. The maximum atomic E-state index is 13.8. The van der Waals surface area contributed by atoms with Crippen molar-refractivity contribution in [2.45, 2.75) is 88.6 Å². The van der Waals surface area contributed by atoms with E-state index in [1.165, 1.54) is 25.4 Å². The Morgan fingerprint density at radius 2 is 1.85 bits per heavy atom. The van der Waals surface area contributed by atoms with Gasteiger partial charge in [0.05, 0.1) is 6.61 Å². The van der Waals surface area contributed by atoms with Gasteiger partial charge in [0.2, 0.25) is 17.7 Å². The Labute approximate surface area is 228 Å². The number of hydrogen-bond acceptors (Lipinski definition) is 6. The number of pyridine rings is 1. The first-order valence-corrected chi connectivity index (χ1v) is 13.0. The second kappa shape index (κ2) is 12.2. The van der Waals surface area contributed by atoms with Crippen LogP contribution in [0, 0.1) is 11.8 Å². The fourth-order valence-electron chi connectivity index (χ4n) is 5.06. The molecule has 1 aliphatic carbocycles. The standard InChI is InChI=1S/C26H35F5N4O5/c1-24(2,3)40-23(38)35-20(14-5-8-25(27,28)9-6-14)22(37)34-19-11-15(7-10-32-19)17(13-39-4)16-12-18(26(29,30)31)33-21(16)36/h7,10-11,14,16-18,20H,5-6,8-9,12-13H2,1-4H3,(H,33,36)(H,35,38)(H,32,34,37)/t16-,17+,18+,20+/m1/s1. The fraction of sp³-hybridized carbons (Fsp3) is 0.692. The van der Waals surface area contributed by atoms with E-state index in [2.05, 4.69) is 15.6 Å². The Morgan fingerprint density at radius 3 is 2.40 bits per heavy atom. The van der Waals surface area contributed by atoms with Crippen LogP contribution in [0.2, 0.25) is 0 Å². The highest BCUT2D eigenvalue weighted by Crippen LogP contribution is 2.39. The number of amides is 3. The number of nitrogens with one attached hydrogen (secondary N) is 3. The van der Waals surface area contributed by atoms with Crippen LogP contribution in [0.25, 0.3) is 0 Å². The molecular formula is C26H35F5N4O5. The van der Waals surface area contributed by atoms with E-state index in [0.717, 1.165) is 0 Å². The first kappa shape index (κ1) is 31.5. The molecule has 1 aromatic heterocycles. The van der Waals surface area contributed by atoms with E-state index in [0.29, 0.717) is 5.56 Å². The van der Waals surface area contributed by atoms with Crippen LogP contribution in [-0.2, 0) is 19.1 Å². The Kier molecular flexibility index (Phi) is 9.63. The predicted molar refractivity (Wildman–Crippen MR) is 134 cm³/mol. The summed E-state index contributed by atoms with van der Waals surface area (Å²) in [4.78, 5) is 42.3. The lowest BCUT2D eigenvalue weighted by molar-refractivity contribution is -0.155. The van der Waals surface area contributed by atoms with E-state index >= 15 is 0 Å². The number of nitrogens with zero attached hydrogens (tertiary/aromatic N) is 1. The first-order valence-electron chi connectivity index (χ1n) is 13.0. The van der Waals surface area contributed by atoms with Gasteiger partial charge in [-0.05, 0) is 63.6 Å². The van der Waals surface area contributed by atoms with E-state index in [9.17, 15) is 36.3 Å². The van der Waals surface area contributed by atoms with Gasteiger partial charge in [0.1, 0.15) is 23.5 Å². The minimum Gasteiger partial charge on any atom is -0.444 e. The molecule has 40 heavy (non-hydrogen) atoms. The van der Waals surface area contributed by atoms with Crippen LogP contribution >= 0.6 is 0 Å². The molecule has 0 spiro atoms. The minimum atomic E-state index is -4.60. The number of alkyl carbamates (subject to hydrolysis) is 1. The van der Waals surface area contributed by atoms with Gasteiger partial charge in [-0.15, -0.1) is 0 Å². The van der Waals surface area contributed by atoms with E-state index in [4.69, 9.17) is 9.47 Å². The Hall–Kier alpha value is -3.03. The largest absolute Gasteiger partial charge is 0.444 e. The molecule has 9 nitrogen and oxygen atoms in total. The highest BCUT2D eigenvalue weighted by molar-refractivity contribution is 5.96. The summed E-state index contributed by atoms with van der Waals surface area (Å²) in [6.45, 7) is 4.84. The van der Waals surface area contributed by atoms with Crippen LogP contribution in [0.1, 0.15) is 64.4 Å². The molecule has 0 bridgehead atoms. The van der Waals surface area contributed by atoms with Gasteiger partial charge in [-0.2, -0.15) is 13.2 Å².